The van der Waals surface area contributed by atoms with E-state index < -0.39 is 24.6 Å². The van der Waals surface area contributed by atoms with Crippen molar-refractivity contribution in [2.75, 3.05) is 6.61 Å². The van der Waals surface area contributed by atoms with Crippen molar-refractivity contribution < 1.29 is 25.2 Å². The molecule has 0 amide bonds. The molecule has 0 radical (unpaired) electrons. The predicted octanol–water partition coefficient (Wildman–Crippen LogP) is -2.19. The summed E-state index contributed by atoms with van der Waals surface area (Å²) >= 11 is 0. The molecule has 0 saturated carbocycles. The first-order valence-electron chi connectivity index (χ1n) is 3.45. The van der Waals surface area contributed by atoms with E-state index in [4.69, 9.17) is 20.4 Å². The Bertz CT molecular complexity index is 128. The molecule has 0 aromatic carbocycles. The maximum atomic E-state index is 9.10. The SMILES string of the molecule is OC[C@H]1O[C@H](O)[C@H](O)C[C@H]1O. The molecule has 5 nitrogen and oxygen atoms in total. The second kappa shape index (κ2) is 3.46. The third-order valence-corrected chi connectivity index (χ3v) is 1.74. The average Bonchev–Trinajstić information content (AvgIpc) is 1.97. The second-order valence-corrected chi connectivity index (χ2v) is 2.62. The molecule has 0 spiro atoms. The highest BCUT2D eigenvalue weighted by Crippen LogP contribution is 2.18. The average molecular weight is 164 g/mol. The highest BCUT2D eigenvalue weighted by Gasteiger charge is 2.34. The summed E-state index contributed by atoms with van der Waals surface area (Å²) in [6.07, 6.45) is -4.01. The lowest BCUT2D eigenvalue weighted by Gasteiger charge is -2.33. The Morgan fingerprint density at radius 2 is 1.82 bits per heavy atom. The van der Waals surface area contributed by atoms with Crippen LogP contribution in [0.3, 0.4) is 0 Å². The smallest absolute Gasteiger partial charge is 0.181 e. The van der Waals surface area contributed by atoms with Crippen LogP contribution in [0.2, 0.25) is 0 Å². The number of rotatable bonds is 1. The van der Waals surface area contributed by atoms with Gasteiger partial charge in [0.2, 0.25) is 0 Å². The number of hydrogen-bond donors (Lipinski definition) is 4. The zero-order valence-electron chi connectivity index (χ0n) is 5.92. The van der Waals surface area contributed by atoms with Gasteiger partial charge in [-0.2, -0.15) is 0 Å². The maximum Gasteiger partial charge on any atom is 0.181 e. The molecule has 0 bridgehead atoms. The summed E-state index contributed by atoms with van der Waals surface area (Å²) in [5.41, 5.74) is 0. The fourth-order valence-corrected chi connectivity index (χ4v) is 1.04. The Balaban J connectivity index is 2.48. The van der Waals surface area contributed by atoms with Crippen LogP contribution in [0.4, 0.5) is 0 Å². The van der Waals surface area contributed by atoms with E-state index in [1.165, 1.54) is 0 Å². The van der Waals surface area contributed by atoms with E-state index in [0.717, 1.165) is 0 Å². The molecule has 11 heavy (non-hydrogen) atoms. The van der Waals surface area contributed by atoms with Gasteiger partial charge in [0.05, 0.1) is 12.7 Å². The van der Waals surface area contributed by atoms with Crippen LogP contribution in [-0.2, 0) is 4.74 Å². The molecule has 4 atom stereocenters. The fourth-order valence-electron chi connectivity index (χ4n) is 1.04. The minimum atomic E-state index is -1.30. The minimum absolute atomic E-state index is 0.0341. The highest BCUT2D eigenvalue weighted by molar-refractivity contribution is 4.79. The van der Waals surface area contributed by atoms with E-state index in [1.54, 1.807) is 0 Å². The van der Waals surface area contributed by atoms with Gasteiger partial charge in [-0.15, -0.1) is 0 Å². The summed E-state index contributed by atoms with van der Waals surface area (Å²) in [5, 5.41) is 35.5. The Morgan fingerprint density at radius 1 is 1.18 bits per heavy atom. The van der Waals surface area contributed by atoms with E-state index in [1.807, 2.05) is 0 Å². The molecule has 1 fully saturated rings. The van der Waals surface area contributed by atoms with Crippen molar-refractivity contribution in [2.45, 2.75) is 31.0 Å². The molecular weight excluding hydrogens is 152 g/mol. The molecule has 0 unspecified atom stereocenters. The summed E-state index contributed by atoms with van der Waals surface area (Å²) in [4.78, 5) is 0. The third-order valence-electron chi connectivity index (χ3n) is 1.74. The topological polar surface area (TPSA) is 90.2 Å². The van der Waals surface area contributed by atoms with Gasteiger partial charge >= 0.3 is 0 Å². The summed E-state index contributed by atoms with van der Waals surface area (Å²) in [7, 11) is 0. The van der Waals surface area contributed by atoms with Gasteiger partial charge in [-0.1, -0.05) is 0 Å². The predicted molar refractivity (Wildman–Crippen MR) is 34.6 cm³/mol. The van der Waals surface area contributed by atoms with E-state index >= 15 is 0 Å². The van der Waals surface area contributed by atoms with Crippen LogP contribution < -0.4 is 0 Å². The zero-order chi connectivity index (χ0) is 8.43. The largest absolute Gasteiger partial charge is 0.394 e. The fraction of sp³-hybridized carbons (Fsp3) is 1.00. The lowest BCUT2D eigenvalue weighted by Crippen LogP contribution is -2.48. The minimum Gasteiger partial charge on any atom is -0.394 e. The molecule has 1 heterocycles. The molecule has 0 aromatic heterocycles. The van der Waals surface area contributed by atoms with Crippen LogP contribution in [0.25, 0.3) is 0 Å². The Kier molecular flexibility index (Phi) is 2.80. The summed E-state index contributed by atoms with van der Waals surface area (Å²) < 4.78 is 4.67. The highest BCUT2D eigenvalue weighted by atomic mass is 16.6. The van der Waals surface area contributed by atoms with Crippen LogP contribution in [-0.4, -0.2) is 51.6 Å². The van der Waals surface area contributed by atoms with Crippen LogP contribution in [0.15, 0.2) is 0 Å². The number of aliphatic hydroxyl groups is 4. The van der Waals surface area contributed by atoms with Crippen LogP contribution in [0, 0.1) is 0 Å². The molecule has 0 aromatic rings. The molecular formula is C6H12O5. The van der Waals surface area contributed by atoms with E-state index in [2.05, 4.69) is 4.74 Å². The van der Waals surface area contributed by atoms with Crippen LogP contribution >= 0.6 is 0 Å². The quantitative estimate of drug-likeness (QED) is 0.353. The van der Waals surface area contributed by atoms with Crippen molar-refractivity contribution in [3.05, 3.63) is 0 Å². The van der Waals surface area contributed by atoms with Gasteiger partial charge in [0, 0.05) is 6.42 Å². The van der Waals surface area contributed by atoms with Crippen molar-refractivity contribution in [3.63, 3.8) is 0 Å². The normalized spacial score (nSPS) is 45.8. The number of aliphatic hydroxyl groups excluding tert-OH is 4. The summed E-state index contributed by atoms with van der Waals surface area (Å²) in [6.45, 7) is -0.356. The first-order valence-corrected chi connectivity index (χ1v) is 3.45. The van der Waals surface area contributed by atoms with Crippen molar-refractivity contribution in [2.24, 2.45) is 0 Å². The van der Waals surface area contributed by atoms with Crippen molar-refractivity contribution in [1.29, 1.82) is 0 Å². The second-order valence-electron chi connectivity index (χ2n) is 2.62. The van der Waals surface area contributed by atoms with E-state index in [9.17, 15) is 0 Å². The monoisotopic (exact) mass is 164 g/mol. The van der Waals surface area contributed by atoms with Gasteiger partial charge in [-0.25, -0.2) is 0 Å². The molecule has 1 aliphatic heterocycles. The van der Waals surface area contributed by atoms with E-state index in [0.29, 0.717) is 0 Å². The van der Waals surface area contributed by atoms with Gasteiger partial charge in [0.15, 0.2) is 6.29 Å². The maximum absolute atomic E-state index is 9.10. The summed E-state index contributed by atoms with van der Waals surface area (Å²) in [6, 6.07) is 0. The lowest BCUT2D eigenvalue weighted by molar-refractivity contribution is -0.251. The number of hydrogen-bond acceptors (Lipinski definition) is 5. The first-order chi connectivity index (χ1) is 5.15. The first kappa shape index (κ1) is 8.89. The molecule has 4 N–H and O–H groups in total. The molecule has 0 aliphatic carbocycles. The molecule has 66 valence electrons. The lowest BCUT2D eigenvalue weighted by atomic mass is 10.0. The van der Waals surface area contributed by atoms with Crippen molar-refractivity contribution >= 4 is 0 Å². The Morgan fingerprint density at radius 3 is 2.36 bits per heavy atom. The van der Waals surface area contributed by atoms with Gasteiger partial charge in [-0.05, 0) is 0 Å². The van der Waals surface area contributed by atoms with Crippen molar-refractivity contribution in [3.8, 4) is 0 Å². The van der Waals surface area contributed by atoms with Gasteiger partial charge in [0.1, 0.15) is 12.2 Å². The van der Waals surface area contributed by atoms with Crippen LogP contribution in [0.5, 0.6) is 0 Å². The van der Waals surface area contributed by atoms with E-state index in [-0.39, 0.29) is 13.0 Å². The molecule has 5 heteroatoms. The Labute approximate surface area is 63.8 Å². The van der Waals surface area contributed by atoms with Crippen LogP contribution in [0.1, 0.15) is 6.42 Å². The zero-order valence-corrected chi connectivity index (χ0v) is 5.92. The number of ether oxygens (including phenoxy) is 1. The third kappa shape index (κ3) is 1.88. The summed E-state index contributed by atoms with van der Waals surface area (Å²) in [5.74, 6) is 0. The van der Waals surface area contributed by atoms with Gasteiger partial charge < -0.3 is 25.2 Å². The van der Waals surface area contributed by atoms with Gasteiger partial charge in [0.25, 0.3) is 0 Å². The molecule has 1 aliphatic rings. The molecule has 1 rings (SSSR count). The standard InChI is InChI=1S/C6H12O5/c7-2-5-3(8)1-4(9)6(10)11-5/h3-10H,1-2H2/t3-,4-,5-,6+/m1/s1. The molecule has 1 saturated heterocycles. The Hall–Kier alpha value is -0.200. The van der Waals surface area contributed by atoms with Gasteiger partial charge in [-0.3, -0.25) is 0 Å². The van der Waals surface area contributed by atoms with Crippen molar-refractivity contribution in [1.82, 2.24) is 0 Å².